The van der Waals surface area contributed by atoms with E-state index >= 15 is 0 Å². The van der Waals surface area contributed by atoms with Crippen LogP contribution in [0, 0.1) is 29.6 Å². The van der Waals surface area contributed by atoms with Crippen molar-refractivity contribution < 1.29 is 62.6 Å². The predicted molar refractivity (Wildman–Crippen MR) is 388 cm³/mol. The number of nitrogens with zero attached hydrogens (tertiary/aromatic N) is 6. The molecule has 0 radical (unpaired) electrons. The van der Waals surface area contributed by atoms with Crippen molar-refractivity contribution in [1.82, 2.24) is 62.6 Å². The Labute approximate surface area is 605 Å². The molecule has 0 aromatic heterocycles. The number of carbonyl (C=O) groups is 12. The number of likely N-dealkylation sites (tertiary alicyclic amines) is 3. The number of carbonyl (C=O) groups excluding carboxylic acids is 12. The molecule has 4 aliphatic rings. The summed E-state index contributed by atoms with van der Waals surface area (Å²) >= 11 is 0. The summed E-state index contributed by atoms with van der Waals surface area (Å²) in [5, 5.41) is 35.6. The van der Waals surface area contributed by atoms with Crippen molar-refractivity contribution in [2.45, 2.75) is 257 Å². The van der Waals surface area contributed by atoms with E-state index in [9.17, 15) is 62.6 Å². The van der Waals surface area contributed by atoms with Crippen molar-refractivity contribution in [3.63, 3.8) is 0 Å². The van der Waals surface area contributed by atoms with Gasteiger partial charge < -0.3 is 108 Å². The Balaban J connectivity index is 1.50. The van der Waals surface area contributed by atoms with E-state index in [4.69, 9.17) is 40.1 Å². The molecule has 4 fully saturated rings. The molecule has 0 unspecified atom stereocenters. The maximum absolute atomic E-state index is 15.0. The number of amides is 12. The highest BCUT2D eigenvalue weighted by Gasteiger charge is 2.46. The molecule has 0 aromatic carbocycles. The molecule has 582 valence electrons. The van der Waals surface area contributed by atoms with E-state index in [0.717, 1.165) is 19.4 Å². The monoisotopic (exact) mass is 1450 g/mol. The van der Waals surface area contributed by atoms with Crippen LogP contribution in [0.1, 0.15) is 184 Å². The maximum atomic E-state index is 15.0. The molecule has 35 nitrogen and oxygen atoms in total. The van der Waals surface area contributed by atoms with Crippen molar-refractivity contribution in [3.8, 4) is 0 Å². The lowest BCUT2D eigenvalue weighted by Gasteiger charge is -2.39. The number of nitrogens with two attached hydrogens (primary N) is 7. The predicted octanol–water partition coefficient (Wildman–Crippen LogP) is -3.56. The van der Waals surface area contributed by atoms with Gasteiger partial charge in [0.05, 0.1) is 6.61 Å². The SMILES string of the molecule is CC(C)C[C@H](NC(=O)[C@H](CO)NC(=O)[C@@H](NC(=O)C1CCC(CNC(C)C)CC1)C(C)C)C(=O)N[C@@H](C)C(=O)N[C@@H](CCCN=C(N)N)C(=O)N[C@@H](CCCN=C(N)N)C(=O)N1CCC[C@H]1C(=O)N[C@@H](CC(C)C)C(=O)N1CCC[C@H]1C(=O)N1CCCC[C@H]1C(=O)N[C@@H](CCCN=C(N)N)C(N)=O. The van der Waals surface area contributed by atoms with Crippen molar-refractivity contribution in [2.75, 3.05) is 52.4 Å². The van der Waals surface area contributed by atoms with Crippen LogP contribution in [0.25, 0.3) is 0 Å². The Morgan fingerprint density at radius 1 is 0.427 bits per heavy atom. The standard InChI is InChI=1S/C68H122N22O13/c1-37(2)33-47(84-59(97)49(36-91)86-62(100)53(39(5)6)87-56(94)43-25-23-42(24-26-43)35-79-40(7)8)58(96)80-41(9)55(93)82-45(18-13-28-77-67(72)73)57(95)83-46(19-14-29-78-68(74)75)63(101)88-31-15-21-51(88)61(99)85-48(34-38(3)4)64(102)90-32-16-22-52(90)65(103)89-30-11-10-20-50(89)60(98)81-44(54(69)92)17-12-27-76-66(70)71/h37-53,79,91H,10-36H2,1-9H3,(H2,69,92)(H,80,96)(H,81,98)(H,82,93)(H,83,95)(H,84,97)(H,85,99)(H,86,100)(H,87,94)(H4,70,71,76)(H4,72,73,77)(H4,74,75,78)/t41-,42?,43?,44-,45-,46-,47-,48-,49-,50-,51-,52-,53-/m0/s1. The molecule has 11 atom stereocenters. The lowest BCUT2D eigenvalue weighted by Crippen LogP contribution is -2.61. The van der Waals surface area contributed by atoms with Gasteiger partial charge in [-0.1, -0.05) is 55.4 Å². The molecule has 1 aliphatic carbocycles. The molecule has 3 saturated heterocycles. The lowest BCUT2D eigenvalue weighted by atomic mass is 9.81. The zero-order chi connectivity index (χ0) is 76.8. The van der Waals surface area contributed by atoms with Crippen LogP contribution in [0.5, 0.6) is 0 Å². The molecule has 1 saturated carbocycles. The largest absolute Gasteiger partial charge is 0.394 e. The Morgan fingerprint density at radius 3 is 1.39 bits per heavy atom. The second-order valence-electron chi connectivity index (χ2n) is 29.2. The van der Waals surface area contributed by atoms with Gasteiger partial charge in [0.1, 0.15) is 66.5 Å². The summed E-state index contributed by atoms with van der Waals surface area (Å²) in [5.41, 5.74) is 39.0. The zero-order valence-corrected chi connectivity index (χ0v) is 62.0. The third-order valence-corrected chi connectivity index (χ3v) is 19.0. The Kier molecular flexibility index (Phi) is 36.6. The van der Waals surface area contributed by atoms with Gasteiger partial charge in [-0.3, -0.25) is 72.5 Å². The summed E-state index contributed by atoms with van der Waals surface area (Å²) in [6.45, 7) is 17.0. The Bertz CT molecular complexity index is 2950. The summed E-state index contributed by atoms with van der Waals surface area (Å²) in [6, 6.07) is -12.9. The fourth-order valence-corrected chi connectivity index (χ4v) is 13.4. The average molecular weight is 1460 g/mol. The minimum atomic E-state index is -1.54. The average Bonchev–Trinajstić information content (AvgIpc) is 1.76. The van der Waals surface area contributed by atoms with Crippen molar-refractivity contribution in [3.05, 3.63) is 0 Å². The van der Waals surface area contributed by atoms with E-state index in [0.29, 0.717) is 63.3 Å². The van der Waals surface area contributed by atoms with Gasteiger partial charge in [0.25, 0.3) is 0 Å². The summed E-state index contributed by atoms with van der Waals surface area (Å²) in [4.78, 5) is 186. The number of aliphatic hydroxyl groups excluding tert-OH is 1. The van der Waals surface area contributed by atoms with E-state index in [1.165, 1.54) is 21.6 Å². The number of rotatable bonds is 41. The molecule has 103 heavy (non-hydrogen) atoms. The molecule has 24 N–H and O–H groups in total. The summed E-state index contributed by atoms with van der Waals surface area (Å²) in [6.07, 6.45) is 6.60. The van der Waals surface area contributed by atoms with Crippen LogP contribution < -0.4 is 88.0 Å². The molecule has 0 bridgehead atoms. The van der Waals surface area contributed by atoms with Crippen molar-refractivity contribution in [1.29, 1.82) is 0 Å². The fourth-order valence-electron chi connectivity index (χ4n) is 13.4. The molecular weight excluding hydrogens is 1330 g/mol. The van der Waals surface area contributed by atoms with Crippen LogP contribution in [0.15, 0.2) is 15.0 Å². The first kappa shape index (κ1) is 86.8. The number of hydrogen-bond acceptors (Lipinski definition) is 17. The first-order valence-electron chi connectivity index (χ1n) is 36.8. The number of piperidine rings is 1. The molecule has 3 heterocycles. The third kappa shape index (κ3) is 28.9. The Hall–Kier alpha value is -8.63. The van der Waals surface area contributed by atoms with Gasteiger partial charge in [0.2, 0.25) is 70.9 Å². The van der Waals surface area contributed by atoms with Crippen LogP contribution in [0.2, 0.25) is 0 Å². The van der Waals surface area contributed by atoms with E-state index in [2.05, 4.69) is 76.7 Å². The number of primary amides is 1. The second-order valence-corrected chi connectivity index (χ2v) is 29.2. The van der Waals surface area contributed by atoms with Gasteiger partial charge in [-0.25, -0.2) is 0 Å². The van der Waals surface area contributed by atoms with Crippen LogP contribution in [-0.2, 0) is 57.5 Å². The van der Waals surface area contributed by atoms with Crippen LogP contribution in [0.3, 0.4) is 0 Å². The van der Waals surface area contributed by atoms with E-state index in [-0.39, 0.29) is 139 Å². The minimum absolute atomic E-state index is 0.0218. The van der Waals surface area contributed by atoms with E-state index < -0.39 is 144 Å². The van der Waals surface area contributed by atoms with Gasteiger partial charge in [-0.2, -0.15) is 0 Å². The van der Waals surface area contributed by atoms with Gasteiger partial charge in [0, 0.05) is 51.2 Å². The molecule has 3 aliphatic heterocycles. The quantitative estimate of drug-likeness (QED) is 0.0160. The summed E-state index contributed by atoms with van der Waals surface area (Å²) in [7, 11) is 0. The van der Waals surface area contributed by atoms with Gasteiger partial charge in [-0.05, 0) is 159 Å². The lowest BCUT2D eigenvalue weighted by molar-refractivity contribution is -0.151. The topological polar surface area (TPSA) is 562 Å². The molecule has 4 rings (SSSR count). The number of hydrogen-bond donors (Lipinski definition) is 17. The van der Waals surface area contributed by atoms with Crippen LogP contribution in [0.4, 0.5) is 0 Å². The first-order valence-corrected chi connectivity index (χ1v) is 36.8. The summed E-state index contributed by atoms with van der Waals surface area (Å²) in [5.74, 6) is -9.25. The number of guanidine groups is 3. The molecular formula is C68H122N22O13. The molecule has 35 heteroatoms. The minimum Gasteiger partial charge on any atom is -0.394 e. The molecule has 12 amide bonds. The third-order valence-electron chi connectivity index (χ3n) is 19.0. The highest BCUT2D eigenvalue weighted by molar-refractivity contribution is 6.00. The van der Waals surface area contributed by atoms with Gasteiger partial charge in [0.15, 0.2) is 17.9 Å². The van der Waals surface area contributed by atoms with Gasteiger partial charge >= 0.3 is 0 Å². The van der Waals surface area contributed by atoms with Crippen LogP contribution in [-0.4, -0.2) is 233 Å². The normalized spacial score (nSPS) is 20.6. The second kappa shape index (κ2) is 43.5. The highest BCUT2D eigenvalue weighted by Crippen LogP contribution is 2.30. The van der Waals surface area contributed by atoms with Crippen LogP contribution >= 0.6 is 0 Å². The van der Waals surface area contributed by atoms with E-state index in [1.807, 2.05) is 13.8 Å². The smallest absolute Gasteiger partial charge is 0.246 e. The van der Waals surface area contributed by atoms with Crippen molar-refractivity contribution in [2.24, 2.45) is 84.7 Å². The molecule has 0 spiro atoms. The van der Waals surface area contributed by atoms with E-state index in [1.54, 1.807) is 27.7 Å². The van der Waals surface area contributed by atoms with Crippen molar-refractivity contribution >= 4 is 88.8 Å². The maximum Gasteiger partial charge on any atom is 0.246 e. The first-order chi connectivity index (χ1) is 48.6. The number of aliphatic hydroxyl groups is 1. The molecule has 0 aromatic rings. The number of aliphatic imine (C=N–C) groups is 3. The fraction of sp³-hybridized carbons (Fsp3) is 0.779. The summed E-state index contributed by atoms with van der Waals surface area (Å²) < 4.78 is 0. The zero-order valence-electron chi connectivity index (χ0n) is 62.0. The number of nitrogens with one attached hydrogen (secondary N) is 9. The van der Waals surface area contributed by atoms with Gasteiger partial charge in [-0.15, -0.1) is 0 Å². The Morgan fingerprint density at radius 2 is 0.864 bits per heavy atom. The highest BCUT2D eigenvalue weighted by atomic mass is 16.3.